The predicted molar refractivity (Wildman–Crippen MR) is 70.1 cm³/mol. The molecule has 1 heterocycles. The van der Waals surface area contributed by atoms with Gasteiger partial charge in [-0.05, 0) is 33.2 Å². The summed E-state index contributed by atoms with van der Waals surface area (Å²) in [6, 6.07) is 0.284. The van der Waals surface area contributed by atoms with Gasteiger partial charge >= 0.3 is 0 Å². The molecule has 0 radical (unpaired) electrons. The van der Waals surface area contributed by atoms with Crippen molar-refractivity contribution in [1.29, 1.82) is 0 Å². The third-order valence-corrected chi connectivity index (χ3v) is 5.23. The molecule has 6 heteroatoms. The number of rotatable bonds is 5. The fourth-order valence-corrected chi connectivity index (χ4v) is 3.40. The van der Waals surface area contributed by atoms with Gasteiger partial charge in [-0.1, -0.05) is 6.42 Å². The van der Waals surface area contributed by atoms with Crippen LogP contribution in [0.1, 0.15) is 33.1 Å². The van der Waals surface area contributed by atoms with Crippen molar-refractivity contribution in [3.05, 3.63) is 0 Å². The molecular weight excluding hydrogens is 238 g/mol. The Balaban J connectivity index is 2.72. The zero-order valence-electron chi connectivity index (χ0n) is 11.3. The van der Waals surface area contributed by atoms with Gasteiger partial charge in [-0.3, -0.25) is 0 Å². The predicted octanol–water partition coefficient (Wildman–Crippen LogP) is 0.645. The standard InChI is InChI=1S/C11H25N3O2S/c1-10(2)14(17(15,16)13(3)4)9-11-7-5-6-8-12-11/h10-12H,5-9H2,1-4H3. The van der Waals surface area contributed by atoms with Gasteiger partial charge in [0.05, 0.1) is 0 Å². The second-order valence-electron chi connectivity index (χ2n) is 5.10. The molecule has 0 spiro atoms. The molecule has 0 saturated carbocycles. The Morgan fingerprint density at radius 3 is 2.35 bits per heavy atom. The zero-order chi connectivity index (χ0) is 13.1. The van der Waals surface area contributed by atoms with Gasteiger partial charge in [0, 0.05) is 32.7 Å². The Labute approximate surface area is 105 Å². The average molecular weight is 263 g/mol. The lowest BCUT2D eigenvalue weighted by Crippen LogP contribution is -2.51. The van der Waals surface area contributed by atoms with E-state index in [0.717, 1.165) is 13.0 Å². The normalized spacial score (nSPS) is 22.6. The van der Waals surface area contributed by atoms with E-state index in [-0.39, 0.29) is 6.04 Å². The van der Waals surface area contributed by atoms with Gasteiger partial charge in [0.25, 0.3) is 10.2 Å². The monoisotopic (exact) mass is 263 g/mol. The molecule has 0 aliphatic carbocycles. The lowest BCUT2D eigenvalue weighted by Gasteiger charge is -2.33. The lowest BCUT2D eigenvalue weighted by molar-refractivity contribution is 0.270. The van der Waals surface area contributed by atoms with Crippen LogP contribution in [-0.4, -0.2) is 56.3 Å². The van der Waals surface area contributed by atoms with Crippen molar-refractivity contribution in [2.24, 2.45) is 0 Å². The van der Waals surface area contributed by atoms with E-state index < -0.39 is 10.2 Å². The van der Waals surface area contributed by atoms with Crippen LogP contribution in [0.4, 0.5) is 0 Å². The highest BCUT2D eigenvalue weighted by atomic mass is 32.2. The number of nitrogens with zero attached hydrogens (tertiary/aromatic N) is 2. The Morgan fingerprint density at radius 1 is 1.29 bits per heavy atom. The minimum absolute atomic E-state index is 0.00822. The van der Waals surface area contributed by atoms with E-state index in [1.54, 1.807) is 18.4 Å². The molecule has 0 aromatic carbocycles. The van der Waals surface area contributed by atoms with Crippen molar-refractivity contribution in [1.82, 2.24) is 13.9 Å². The smallest absolute Gasteiger partial charge is 0.281 e. The molecule has 1 fully saturated rings. The van der Waals surface area contributed by atoms with Gasteiger partial charge in [-0.15, -0.1) is 0 Å². The van der Waals surface area contributed by atoms with E-state index in [2.05, 4.69) is 5.32 Å². The third kappa shape index (κ3) is 3.91. The molecule has 1 aliphatic heterocycles. The maximum Gasteiger partial charge on any atom is 0.281 e. The van der Waals surface area contributed by atoms with E-state index >= 15 is 0 Å². The maximum atomic E-state index is 12.2. The van der Waals surface area contributed by atoms with Crippen LogP contribution in [0.15, 0.2) is 0 Å². The minimum atomic E-state index is -3.31. The van der Waals surface area contributed by atoms with Crippen molar-refractivity contribution in [2.75, 3.05) is 27.2 Å². The molecule has 102 valence electrons. The second kappa shape index (κ2) is 6.13. The van der Waals surface area contributed by atoms with Crippen LogP contribution in [0, 0.1) is 0 Å². The summed E-state index contributed by atoms with van der Waals surface area (Å²) in [5.74, 6) is 0. The summed E-state index contributed by atoms with van der Waals surface area (Å²) >= 11 is 0. The van der Waals surface area contributed by atoms with E-state index in [1.165, 1.54) is 17.1 Å². The van der Waals surface area contributed by atoms with Gasteiger partial charge in [-0.25, -0.2) is 0 Å². The van der Waals surface area contributed by atoms with Crippen LogP contribution in [-0.2, 0) is 10.2 Å². The Morgan fingerprint density at radius 2 is 1.94 bits per heavy atom. The topological polar surface area (TPSA) is 52.7 Å². The molecule has 17 heavy (non-hydrogen) atoms. The highest BCUT2D eigenvalue weighted by Gasteiger charge is 2.29. The molecule has 1 aliphatic rings. The second-order valence-corrected chi connectivity index (χ2v) is 7.20. The summed E-state index contributed by atoms with van der Waals surface area (Å²) in [6.45, 7) is 5.41. The SMILES string of the molecule is CC(C)N(CC1CCCCN1)S(=O)(=O)N(C)C. The quantitative estimate of drug-likeness (QED) is 0.792. The Hall–Kier alpha value is -0.170. The van der Waals surface area contributed by atoms with Gasteiger partial charge in [0.2, 0.25) is 0 Å². The van der Waals surface area contributed by atoms with Crippen LogP contribution in [0.25, 0.3) is 0 Å². The van der Waals surface area contributed by atoms with Crippen LogP contribution in [0.3, 0.4) is 0 Å². The first-order valence-electron chi connectivity index (χ1n) is 6.28. The van der Waals surface area contributed by atoms with Gasteiger partial charge in [0.1, 0.15) is 0 Å². The summed E-state index contributed by atoms with van der Waals surface area (Å²) in [6.07, 6.45) is 3.44. The first-order chi connectivity index (χ1) is 7.85. The van der Waals surface area contributed by atoms with E-state index in [0.29, 0.717) is 12.6 Å². The molecular formula is C11H25N3O2S. The molecule has 1 atom stereocenters. The summed E-state index contributed by atoms with van der Waals surface area (Å²) < 4.78 is 27.2. The lowest BCUT2D eigenvalue weighted by atomic mass is 10.1. The van der Waals surface area contributed by atoms with Gasteiger partial charge in [-0.2, -0.15) is 17.0 Å². The summed E-state index contributed by atoms with van der Waals surface area (Å²) in [5, 5.41) is 3.39. The average Bonchev–Trinajstić information content (AvgIpc) is 2.26. The molecule has 1 unspecified atom stereocenters. The van der Waals surface area contributed by atoms with Crippen molar-refractivity contribution < 1.29 is 8.42 Å². The number of nitrogens with one attached hydrogen (secondary N) is 1. The minimum Gasteiger partial charge on any atom is -0.313 e. The summed E-state index contributed by atoms with van der Waals surface area (Å²) in [5.41, 5.74) is 0. The highest BCUT2D eigenvalue weighted by molar-refractivity contribution is 7.86. The van der Waals surface area contributed by atoms with Crippen molar-refractivity contribution in [3.63, 3.8) is 0 Å². The molecule has 1 rings (SSSR count). The highest BCUT2D eigenvalue weighted by Crippen LogP contribution is 2.14. The van der Waals surface area contributed by atoms with Crippen LogP contribution < -0.4 is 5.32 Å². The van der Waals surface area contributed by atoms with Crippen molar-refractivity contribution >= 4 is 10.2 Å². The van der Waals surface area contributed by atoms with E-state index in [1.807, 2.05) is 13.8 Å². The van der Waals surface area contributed by atoms with E-state index in [9.17, 15) is 8.42 Å². The van der Waals surface area contributed by atoms with Crippen LogP contribution in [0.5, 0.6) is 0 Å². The first-order valence-corrected chi connectivity index (χ1v) is 7.68. The van der Waals surface area contributed by atoms with Crippen LogP contribution in [0.2, 0.25) is 0 Å². The maximum absolute atomic E-state index is 12.2. The fraction of sp³-hybridized carbons (Fsp3) is 1.00. The number of hydrogen-bond acceptors (Lipinski definition) is 3. The van der Waals surface area contributed by atoms with Crippen LogP contribution >= 0.6 is 0 Å². The third-order valence-electron chi connectivity index (χ3n) is 3.15. The molecule has 5 nitrogen and oxygen atoms in total. The van der Waals surface area contributed by atoms with Crippen molar-refractivity contribution in [3.8, 4) is 0 Å². The molecule has 0 amide bonds. The number of piperidine rings is 1. The summed E-state index contributed by atoms with van der Waals surface area (Å²) in [7, 11) is -0.146. The zero-order valence-corrected chi connectivity index (χ0v) is 12.1. The molecule has 0 aromatic rings. The fourth-order valence-electron chi connectivity index (χ4n) is 2.08. The molecule has 1 N–H and O–H groups in total. The molecule has 0 bridgehead atoms. The molecule has 1 saturated heterocycles. The van der Waals surface area contributed by atoms with E-state index in [4.69, 9.17) is 0 Å². The van der Waals surface area contributed by atoms with Gasteiger partial charge in [0.15, 0.2) is 0 Å². The Bertz CT molecular complexity index is 322. The van der Waals surface area contributed by atoms with Gasteiger partial charge < -0.3 is 5.32 Å². The number of hydrogen-bond donors (Lipinski definition) is 1. The van der Waals surface area contributed by atoms with Crippen molar-refractivity contribution in [2.45, 2.75) is 45.2 Å². The Kier molecular flexibility index (Phi) is 5.37. The first kappa shape index (κ1) is 14.9. The largest absolute Gasteiger partial charge is 0.313 e. The summed E-state index contributed by atoms with van der Waals surface area (Å²) in [4.78, 5) is 0. The molecule has 0 aromatic heterocycles.